The number of aryl methyl sites for hydroxylation is 1. The predicted molar refractivity (Wildman–Crippen MR) is 117 cm³/mol. The summed E-state index contributed by atoms with van der Waals surface area (Å²) in [6.07, 6.45) is 3.49. The highest BCUT2D eigenvalue weighted by molar-refractivity contribution is 5.81. The molecule has 1 aromatic carbocycles. The second-order valence-electron chi connectivity index (χ2n) is 7.41. The van der Waals surface area contributed by atoms with E-state index in [1.165, 1.54) is 0 Å². The van der Waals surface area contributed by atoms with Crippen molar-refractivity contribution in [3.05, 3.63) is 70.9 Å². The number of H-pyrrole nitrogens is 1. The number of piperazine rings is 1. The number of nitrogens with one attached hydrogen (secondary N) is 1. The Balaban J connectivity index is 1.44. The zero-order chi connectivity index (χ0) is 20.7. The van der Waals surface area contributed by atoms with E-state index in [0.29, 0.717) is 11.6 Å². The van der Waals surface area contributed by atoms with E-state index in [0.717, 1.165) is 48.6 Å². The fourth-order valence-electron chi connectivity index (χ4n) is 3.92. The molecule has 152 valence electrons. The van der Waals surface area contributed by atoms with E-state index < -0.39 is 0 Å². The molecule has 4 heterocycles. The minimum atomic E-state index is -0.157. The lowest BCUT2D eigenvalue weighted by Gasteiger charge is -2.36. The Bertz CT molecular complexity index is 1250. The van der Waals surface area contributed by atoms with Crippen molar-refractivity contribution in [2.24, 2.45) is 0 Å². The number of hydrogen-bond donors (Lipinski definition) is 2. The lowest BCUT2D eigenvalue weighted by atomic mass is 10.2. The van der Waals surface area contributed by atoms with Crippen LogP contribution in [0.25, 0.3) is 16.7 Å². The lowest BCUT2D eigenvalue weighted by molar-refractivity contribution is 0.475. The van der Waals surface area contributed by atoms with Crippen molar-refractivity contribution in [3.63, 3.8) is 0 Å². The monoisotopic (exact) mass is 402 g/mol. The number of fused-ring (bicyclic) bond motifs is 1. The first-order valence-electron chi connectivity index (χ1n) is 9.93. The van der Waals surface area contributed by atoms with Gasteiger partial charge in [-0.15, -0.1) is 0 Å². The van der Waals surface area contributed by atoms with Crippen molar-refractivity contribution in [2.45, 2.75) is 6.92 Å². The maximum absolute atomic E-state index is 12.3. The number of pyridine rings is 1. The second-order valence-corrected chi connectivity index (χ2v) is 7.41. The molecular formula is C22H22N6O2. The van der Waals surface area contributed by atoms with Crippen molar-refractivity contribution < 1.29 is 5.11 Å². The third-order valence-corrected chi connectivity index (χ3v) is 5.56. The Morgan fingerprint density at radius 3 is 2.43 bits per heavy atom. The van der Waals surface area contributed by atoms with Gasteiger partial charge in [0.05, 0.1) is 5.69 Å². The van der Waals surface area contributed by atoms with E-state index >= 15 is 0 Å². The molecule has 0 atom stereocenters. The minimum absolute atomic E-state index is 0.157. The number of hydrogen-bond acceptors (Lipinski definition) is 6. The number of aromatic amines is 1. The Morgan fingerprint density at radius 2 is 1.70 bits per heavy atom. The van der Waals surface area contributed by atoms with Crippen LogP contribution >= 0.6 is 0 Å². The van der Waals surface area contributed by atoms with Crippen LogP contribution in [0.4, 0.5) is 11.6 Å². The number of anilines is 2. The Labute approximate surface area is 173 Å². The zero-order valence-corrected chi connectivity index (χ0v) is 16.6. The molecule has 5 rings (SSSR count). The Morgan fingerprint density at radius 1 is 0.967 bits per heavy atom. The molecule has 8 nitrogen and oxygen atoms in total. The first-order valence-corrected chi connectivity index (χ1v) is 9.93. The van der Waals surface area contributed by atoms with Crippen LogP contribution in [0.5, 0.6) is 5.75 Å². The number of phenolic OH excluding ortho intramolecular Hbond substituents is 1. The van der Waals surface area contributed by atoms with E-state index in [4.69, 9.17) is 9.97 Å². The van der Waals surface area contributed by atoms with Gasteiger partial charge in [0.2, 0.25) is 5.95 Å². The maximum atomic E-state index is 12.3. The molecule has 2 N–H and O–H groups in total. The van der Waals surface area contributed by atoms with Crippen LogP contribution in [0.3, 0.4) is 0 Å². The van der Waals surface area contributed by atoms with Crippen molar-refractivity contribution in [1.82, 2.24) is 19.5 Å². The van der Waals surface area contributed by atoms with Gasteiger partial charge in [-0.05, 0) is 49.4 Å². The summed E-state index contributed by atoms with van der Waals surface area (Å²) in [5.74, 6) is 0.951. The van der Waals surface area contributed by atoms with Crippen molar-refractivity contribution in [1.29, 1.82) is 0 Å². The number of aromatic hydroxyl groups is 1. The summed E-state index contributed by atoms with van der Waals surface area (Å²) in [5.41, 5.74) is 3.10. The summed E-state index contributed by atoms with van der Waals surface area (Å²) >= 11 is 0. The van der Waals surface area contributed by atoms with Crippen LogP contribution in [0.15, 0.2) is 59.7 Å². The zero-order valence-electron chi connectivity index (χ0n) is 16.6. The molecule has 4 aromatic rings. The SMILES string of the molecule is Cc1nc(N2CCN(c3ccc(O)cc3)CC2)nc2c1ccn2-c1ccc[nH]c1=O. The quantitative estimate of drug-likeness (QED) is 0.547. The largest absolute Gasteiger partial charge is 0.508 e. The van der Waals surface area contributed by atoms with Gasteiger partial charge in [-0.3, -0.25) is 9.36 Å². The molecule has 0 spiro atoms. The molecule has 3 aromatic heterocycles. The van der Waals surface area contributed by atoms with Gasteiger partial charge >= 0.3 is 0 Å². The number of rotatable bonds is 3. The number of phenols is 1. The van der Waals surface area contributed by atoms with Crippen LogP contribution in [-0.2, 0) is 0 Å². The van der Waals surface area contributed by atoms with Crippen molar-refractivity contribution >= 4 is 22.7 Å². The standard InChI is InChI=1S/C22H22N6O2/c1-15-18-8-10-28(19-3-2-9-23-21(19)30)20(18)25-22(24-15)27-13-11-26(12-14-27)16-4-6-17(29)7-5-16/h2-10,29H,11-14H2,1H3,(H,23,30). The highest BCUT2D eigenvalue weighted by Gasteiger charge is 2.21. The van der Waals surface area contributed by atoms with Gasteiger partial charge in [0.25, 0.3) is 5.56 Å². The smallest absolute Gasteiger partial charge is 0.272 e. The fourth-order valence-corrected chi connectivity index (χ4v) is 3.92. The Hall–Kier alpha value is -3.81. The molecule has 0 radical (unpaired) electrons. The number of nitrogens with zero attached hydrogens (tertiary/aromatic N) is 5. The van der Waals surface area contributed by atoms with Crippen molar-refractivity contribution in [3.8, 4) is 11.4 Å². The second kappa shape index (κ2) is 7.22. The third-order valence-electron chi connectivity index (χ3n) is 5.56. The molecule has 0 aliphatic carbocycles. The van der Waals surface area contributed by atoms with Gasteiger partial charge in [-0.2, -0.15) is 4.98 Å². The van der Waals surface area contributed by atoms with Gasteiger partial charge in [0.1, 0.15) is 11.4 Å². The van der Waals surface area contributed by atoms with Gasteiger partial charge in [0, 0.05) is 49.6 Å². The molecule has 1 aliphatic heterocycles. The highest BCUT2D eigenvalue weighted by atomic mass is 16.3. The molecule has 8 heteroatoms. The van der Waals surface area contributed by atoms with E-state index in [-0.39, 0.29) is 11.3 Å². The van der Waals surface area contributed by atoms with E-state index in [9.17, 15) is 9.90 Å². The molecule has 1 saturated heterocycles. The summed E-state index contributed by atoms with van der Waals surface area (Å²) in [5, 5.41) is 10.4. The molecule has 1 fully saturated rings. The number of benzene rings is 1. The van der Waals surface area contributed by atoms with Crippen molar-refractivity contribution in [2.75, 3.05) is 36.0 Å². The predicted octanol–water partition coefficient (Wildman–Crippen LogP) is 2.45. The van der Waals surface area contributed by atoms with Crippen LogP contribution < -0.4 is 15.4 Å². The fraction of sp³-hybridized carbons (Fsp3) is 0.227. The summed E-state index contributed by atoms with van der Waals surface area (Å²) in [4.78, 5) is 29.0. The topological polar surface area (TPSA) is 90.3 Å². The van der Waals surface area contributed by atoms with Crippen LogP contribution in [0.1, 0.15) is 5.69 Å². The number of aromatic nitrogens is 4. The molecular weight excluding hydrogens is 380 g/mol. The van der Waals surface area contributed by atoms with Crippen LogP contribution in [-0.4, -0.2) is 50.8 Å². The molecule has 0 amide bonds. The summed E-state index contributed by atoms with van der Waals surface area (Å²) in [6.45, 7) is 5.23. The highest BCUT2D eigenvalue weighted by Crippen LogP contribution is 2.24. The van der Waals surface area contributed by atoms with Crippen LogP contribution in [0, 0.1) is 6.92 Å². The van der Waals surface area contributed by atoms with Gasteiger partial charge in [0.15, 0.2) is 5.65 Å². The summed E-state index contributed by atoms with van der Waals surface area (Å²) < 4.78 is 1.82. The van der Waals surface area contributed by atoms with Gasteiger partial charge < -0.3 is 19.9 Å². The van der Waals surface area contributed by atoms with Gasteiger partial charge in [-0.25, -0.2) is 4.98 Å². The summed E-state index contributed by atoms with van der Waals surface area (Å²) in [6, 6.07) is 12.8. The molecule has 0 unspecified atom stereocenters. The molecule has 30 heavy (non-hydrogen) atoms. The average molecular weight is 402 g/mol. The first kappa shape index (κ1) is 18.2. The average Bonchev–Trinajstić information content (AvgIpc) is 3.19. The first-order chi connectivity index (χ1) is 14.6. The molecule has 1 aliphatic rings. The van der Waals surface area contributed by atoms with Gasteiger partial charge in [-0.1, -0.05) is 0 Å². The van der Waals surface area contributed by atoms with Crippen LogP contribution in [0.2, 0.25) is 0 Å². The molecule has 0 saturated carbocycles. The van der Waals surface area contributed by atoms with E-state index in [1.54, 1.807) is 30.5 Å². The normalized spacial score (nSPS) is 14.4. The summed E-state index contributed by atoms with van der Waals surface area (Å²) in [7, 11) is 0. The van der Waals surface area contributed by atoms with E-state index in [1.807, 2.05) is 35.9 Å². The Kier molecular flexibility index (Phi) is 4.39. The lowest BCUT2D eigenvalue weighted by Crippen LogP contribution is -2.47. The molecule has 0 bridgehead atoms. The maximum Gasteiger partial charge on any atom is 0.272 e. The third kappa shape index (κ3) is 3.16. The van der Waals surface area contributed by atoms with E-state index in [2.05, 4.69) is 14.8 Å². The minimum Gasteiger partial charge on any atom is -0.508 e.